The highest BCUT2D eigenvalue weighted by Gasteiger charge is 2.51. The summed E-state index contributed by atoms with van der Waals surface area (Å²) in [4.78, 5) is 2.23. The maximum atomic E-state index is 12.3. The van der Waals surface area contributed by atoms with Crippen molar-refractivity contribution < 1.29 is 24.1 Å². The summed E-state index contributed by atoms with van der Waals surface area (Å²) in [5.41, 5.74) is -1.27. The van der Waals surface area contributed by atoms with Crippen molar-refractivity contribution in [1.29, 1.82) is 0 Å². The molecule has 46 heavy (non-hydrogen) atoms. The van der Waals surface area contributed by atoms with Gasteiger partial charge in [0.2, 0.25) is 0 Å². The normalized spacial score (nSPS) is 25.7. The monoisotopic (exact) mass is 653 g/mol. The molecule has 258 valence electrons. The maximum absolute atomic E-state index is 12.3. The third-order valence-electron chi connectivity index (χ3n) is 10.2. The van der Waals surface area contributed by atoms with Crippen LogP contribution in [0.1, 0.15) is 75.2 Å². The van der Waals surface area contributed by atoms with E-state index in [0.717, 1.165) is 6.42 Å². The second-order valence-corrected chi connectivity index (χ2v) is 19.9. The van der Waals surface area contributed by atoms with Gasteiger partial charge in [0.1, 0.15) is 0 Å². The first-order valence-electron chi connectivity index (χ1n) is 17.2. The smallest absolute Gasteiger partial charge is 0.261 e. The fraction of sp³-hybridized carbons (Fsp3) is 0.641. The van der Waals surface area contributed by atoms with Crippen LogP contribution in [0.5, 0.6) is 0 Å². The third kappa shape index (κ3) is 8.79. The lowest BCUT2D eigenvalue weighted by atomic mass is 9.78. The standard InChI is InChI=1S/C39H63NO5Si/c1-13-28(3)35(41)31(6)36(45-37-30(5)34(40(11)12)24-29(4)44-37)39(10,42)25-27(2)26-43-46(38(7,8)9,32-20-16-14-17-21-32)33-22-18-15-19-23-33/h13-23,27-31,34-37,41-42H,1,24-26H2,2-12H3/t27-,28+,29-,30-,31+,34+,35-,36-,37?,39-/m1/s1. The first-order valence-corrected chi connectivity index (χ1v) is 19.1. The van der Waals surface area contributed by atoms with Gasteiger partial charge in [-0.25, -0.2) is 0 Å². The van der Waals surface area contributed by atoms with Gasteiger partial charge in [-0.2, -0.15) is 0 Å². The Morgan fingerprint density at radius 2 is 1.50 bits per heavy atom. The summed E-state index contributed by atoms with van der Waals surface area (Å²) in [5, 5.41) is 26.0. The van der Waals surface area contributed by atoms with E-state index in [1.807, 2.05) is 20.8 Å². The van der Waals surface area contributed by atoms with E-state index in [4.69, 9.17) is 13.9 Å². The van der Waals surface area contributed by atoms with E-state index in [1.165, 1.54) is 10.4 Å². The van der Waals surface area contributed by atoms with Gasteiger partial charge in [0.05, 0.1) is 23.9 Å². The molecule has 1 aliphatic rings. The van der Waals surface area contributed by atoms with Crippen LogP contribution in [0.25, 0.3) is 0 Å². The molecule has 0 spiro atoms. The third-order valence-corrected chi connectivity index (χ3v) is 15.2. The molecule has 7 heteroatoms. The van der Waals surface area contributed by atoms with Gasteiger partial charge >= 0.3 is 0 Å². The first-order chi connectivity index (χ1) is 21.5. The zero-order valence-electron chi connectivity index (χ0n) is 30.4. The maximum Gasteiger partial charge on any atom is 0.261 e. The van der Waals surface area contributed by atoms with Crippen molar-refractivity contribution in [1.82, 2.24) is 4.90 Å². The predicted molar refractivity (Wildman–Crippen MR) is 193 cm³/mol. The lowest BCUT2D eigenvalue weighted by molar-refractivity contribution is -0.284. The average molecular weight is 654 g/mol. The van der Waals surface area contributed by atoms with Gasteiger partial charge < -0.3 is 29.0 Å². The van der Waals surface area contributed by atoms with Crippen molar-refractivity contribution in [2.24, 2.45) is 23.7 Å². The van der Waals surface area contributed by atoms with Crippen LogP contribution in [0.4, 0.5) is 0 Å². The molecule has 0 radical (unpaired) electrons. The first kappa shape index (κ1) is 38.6. The zero-order valence-corrected chi connectivity index (χ0v) is 31.4. The molecule has 1 unspecified atom stereocenters. The molecule has 2 aromatic rings. The molecular weight excluding hydrogens is 591 g/mol. The highest BCUT2D eigenvalue weighted by atomic mass is 28.4. The fourth-order valence-corrected chi connectivity index (χ4v) is 12.4. The Morgan fingerprint density at radius 3 is 1.96 bits per heavy atom. The Labute approximate surface area is 281 Å². The van der Waals surface area contributed by atoms with Gasteiger partial charge in [-0.3, -0.25) is 0 Å². The molecule has 2 aromatic carbocycles. The molecule has 1 aliphatic heterocycles. The van der Waals surface area contributed by atoms with Crippen molar-refractivity contribution in [2.45, 2.75) is 116 Å². The Hall–Kier alpha value is -1.84. The van der Waals surface area contributed by atoms with E-state index in [2.05, 4.69) is 128 Å². The van der Waals surface area contributed by atoms with E-state index >= 15 is 0 Å². The molecule has 3 rings (SSSR count). The Bertz CT molecular complexity index is 1160. The molecule has 0 bridgehead atoms. The Balaban J connectivity index is 1.93. The summed E-state index contributed by atoms with van der Waals surface area (Å²) in [6.07, 6.45) is 1.20. The Morgan fingerprint density at radius 1 is 0.978 bits per heavy atom. The van der Waals surface area contributed by atoms with Crippen LogP contribution < -0.4 is 10.4 Å². The number of benzene rings is 2. The number of ether oxygens (including phenoxy) is 2. The summed E-state index contributed by atoms with van der Waals surface area (Å²) < 4.78 is 20.4. The van der Waals surface area contributed by atoms with Crippen LogP contribution in [0.3, 0.4) is 0 Å². The fourth-order valence-electron chi connectivity index (χ4n) is 7.67. The minimum atomic E-state index is -2.73. The quantitative estimate of drug-likeness (QED) is 0.175. The van der Waals surface area contributed by atoms with Crippen LogP contribution >= 0.6 is 0 Å². The van der Waals surface area contributed by atoms with Crippen LogP contribution in [-0.4, -0.2) is 80.4 Å². The van der Waals surface area contributed by atoms with Crippen molar-refractivity contribution in [3.05, 3.63) is 73.3 Å². The van der Waals surface area contributed by atoms with Crippen LogP contribution in [0.2, 0.25) is 5.04 Å². The van der Waals surface area contributed by atoms with Gasteiger partial charge in [0, 0.05) is 30.4 Å². The zero-order chi connectivity index (χ0) is 34.4. The minimum absolute atomic E-state index is 0.00191. The van der Waals surface area contributed by atoms with Crippen LogP contribution in [0, 0.1) is 23.7 Å². The van der Waals surface area contributed by atoms with E-state index in [9.17, 15) is 10.2 Å². The van der Waals surface area contributed by atoms with Crippen molar-refractivity contribution >= 4 is 18.7 Å². The van der Waals surface area contributed by atoms with E-state index in [-0.39, 0.29) is 40.9 Å². The number of hydrogen-bond donors (Lipinski definition) is 2. The van der Waals surface area contributed by atoms with Crippen LogP contribution in [0.15, 0.2) is 73.3 Å². The van der Waals surface area contributed by atoms with Crippen molar-refractivity contribution in [2.75, 3.05) is 20.7 Å². The average Bonchev–Trinajstić information content (AvgIpc) is 3.00. The Kier molecular flexibility index (Phi) is 13.5. The number of nitrogens with zero attached hydrogens (tertiary/aromatic N) is 1. The topological polar surface area (TPSA) is 71.4 Å². The molecule has 10 atom stereocenters. The molecule has 0 aromatic heterocycles. The molecule has 1 heterocycles. The highest BCUT2D eigenvalue weighted by Crippen LogP contribution is 2.39. The number of hydrogen-bond acceptors (Lipinski definition) is 6. The molecule has 0 amide bonds. The van der Waals surface area contributed by atoms with Gasteiger partial charge in [-0.15, -0.1) is 6.58 Å². The lowest BCUT2D eigenvalue weighted by Gasteiger charge is -2.47. The van der Waals surface area contributed by atoms with Gasteiger partial charge in [0.25, 0.3) is 8.32 Å². The summed E-state index contributed by atoms with van der Waals surface area (Å²) in [7, 11) is 1.45. The largest absolute Gasteiger partial charge is 0.407 e. The van der Waals surface area contributed by atoms with E-state index < -0.39 is 32.4 Å². The summed E-state index contributed by atoms with van der Waals surface area (Å²) in [5.74, 6) is -0.451. The summed E-state index contributed by atoms with van der Waals surface area (Å²) in [6, 6.07) is 21.6. The molecule has 1 fully saturated rings. The predicted octanol–water partition coefficient (Wildman–Crippen LogP) is 6.25. The number of aliphatic hydroxyl groups is 2. The molecule has 0 saturated carbocycles. The SMILES string of the molecule is C=C[C@H](C)[C@@H](O)[C@H](C)[C@@H](OC1O[C@H](C)C[C@H](N(C)C)[C@H]1C)[C@](C)(O)C[C@@H](C)CO[Si](c1ccccc1)(c1ccccc1)C(C)(C)C. The molecule has 6 nitrogen and oxygen atoms in total. The highest BCUT2D eigenvalue weighted by molar-refractivity contribution is 6.99. The van der Waals surface area contributed by atoms with Crippen molar-refractivity contribution in [3.8, 4) is 0 Å². The second kappa shape index (κ2) is 16.0. The van der Waals surface area contributed by atoms with Gasteiger partial charge in [-0.1, -0.05) is 115 Å². The summed E-state index contributed by atoms with van der Waals surface area (Å²) in [6.45, 7) is 23.4. The number of rotatable bonds is 15. The van der Waals surface area contributed by atoms with Gasteiger partial charge in [0.15, 0.2) is 6.29 Å². The molecular formula is C39H63NO5Si. The lowest BCUT2D eigenvalue weighted by Crippen LogP contribution is -2.67. The molecule has 0 aliphatic carbocycles. The van der Waals surface area contributed by atoms with Gasteiger partial charge in [-0.05, 0) is 62.1 Å². The number of aliphatic hydroxyl groups excluding tert-OH is 1. The second-order valence-electron chi connectivity index (χ2n) is 15.6. The van der Waals surface area contributed by atoms with E-state index in [1.54, 1.807) is 6.08 Å². The molecule has 2 N–H and O–H groups in total. The van der Waals surface area contributed by atoms with Crippen LogP contribution in [-0.2, 0) is 13.9 Å². The summed E-state index contributed by atoms with van der Waals surface area (Å²) >= 11 is 0. The minimum Gasteiger partial charge on any atom is -0.407 e. The van der Waals surface area contributed by atoms with Crippen molar-refractivity contribution in [3.63, 3.8) is 0 Å². The molecule has 1 saturated heterocycles. The van der Waals surface area contributed by atoms with E-state index in [0.29, 0.717) is 13.0 Å².